The number of rotatable bonds is 5. The second-order valence-electron chi connectivity index (χ2n) is 20.0. The Bertz CT molecular complexity index is 4460. The summed E-state index contributed by atoms with van der Waals surface area (Å²) in [6.45, 7) is 10.1. The molecule has 15 N–H and O–H groups in total. The van der Waals surface area contributed by atoms with Crippen molar-refractivity contribution in [1.29, 1.82) is 0 Å². The van der Waals surface area contributed by atoms with E-state index in [4.69, 9.17) is 0 Å². The van der Waals surface area contributed by atoms with Crippen LogP contribution in [0.2, 0.25) is 0 Å². The minimum Gasteiger partial charge on any atom is -0.511 e. The number of aromatic nitrogens is 2. The van der Waals surface area contributed by atoms with Gasteiger partial charge in [-0.05, 0) is 93.1 Å². The van der Waals surface area contributed by atoms with Crippen LogP contribution in [0.25, 0.3) is 71.7 Å². The van der Waals surface area contributed by atoms with Gasteiger partial charge < -0.3 is 90.6 Å². The topological polar surface area (TPSA) is 317 Å². The fourth-order valence-electron chi connectivity index (χ4n) is 12.1. The maximum Gasteiger partial charge on any atom is 0.206 e. The van der Waals surface area contributed by atoms with Crippen LogP contribution >= 0.6 is 0 Å². The quantitative estimate of drug-likeness (QED) is 0.0563. The van der Waals surface area contributed by atoms with Gasteiger partial charge in [-0.2, -0.15) is 0 Å². The average molecular weight is 1050 g/mol. The molecule has 1 aliphatic carbocycles. The van der Waals surface area contributed by atoms with E-state index in [9.17, 15) is 76.6 Å². The number of hydrogen-bond acceptors (Lipinski definition) is 16. The molecule has 0 fully saturated rings. The molecule has 2 aromatic heterocycles. The Hall–Kier alpha value is -10.4. The minimum atomic E-state index is -2.01. The Morgan fingerprint density at radius 1 is 0.359 bits per heavy atom. The van der Waals surface area contributed by atoms with Crippen LogP contribution < -0.4 is 4.90 Å². The number of anilines is 2. The average Bonchev–Trinajstić information content (AvgIpc) is 4.20. The SMILES string of the molecule is Cc1c(C)c(O)c2c(c1C)c1c(C)c(C)c(O)c(N3c4c(O)c(O)c(O)c(O)c4C4C(O)=C(c5c(O)c(O)c6c(c5O)c5c(O)c(O)c(C)c(O)c5n6-c5ccccc5-c5ccccc5)C(O)=C(O)C43)c1n2-c1ccccc1. The van der Waals surface area contributed by atoms with E-state index in [1.165, 1.54) is 11.5 Å². The first-order valence-electron chi connectivity index (χ1n) is 24.5. The zero-order valence-corrected chi connectivity index (χ0v) is 42.3. The lowest BCUT2D eigenvalue weighted by Crippen LogP contribution is -2.37. The van der Waals surface area contributed by atoms with Crippen molar-refractivity contribution in [3.63, 3.8) is 0 Å². The van der Waals surface area contributed by atoms with E-state index in [2.05, 4.69) is 0 Å². The highest BCUT2D eigenvalue weighted by Crippen LogP contribution is 2.68. The maximum absolute atomic E-state index is 13.0. The highest BCUT2D eigenvalue weighted by atomic mass is 16.4. The second-order valence-corrected chi connectivity index (χ2v) is 20.0. The summed E-state index contributed by atoms with van der Waals surface area (Å²) in [7, 11) is 0. The van der Waals surface area contributed by atoms with Gasteiger partial charge in [-0.15, -0.1) is 0 Å². The van der Waals surface area contributed by atoms with Crippen molar-refractivity contribution in [2.45, 2.75) is 53.5 Å². The molecule has 0 amide bonds. The van der Waals surface area contributed by atoms with Gasteiger partial charge in [-0.3, -0.25) is 0 Å². The van der Waals surface area contributed by atoms with E-state index < -0.39 is 131 Å². The zero-order chi connectivity index (χ0) is 55.7. The summed E-state index contributed by atoms with van der Waals surface area (Å²) in [5, 5.41) is 182. The molecule has 2 aliphatic rings. The number of aliphatic hydroxyl groups excluding tert-OH is 3. The van der Waals surface area contributed by atoms with E-state index >= 15 is 0 Å². The summed E-state index contributed by atoms with van der Waals surface area (Å²) in [4.78, 5) is 1.05. The molecule has 10 aromatic rings. The van der Waals surface area contributed by atoms with Gasteiger partial charge in [-0.1, -0.05) is 66.7 Å². The summed E-state index contributed by atoms with van der Waals surface area (Å²) in [6.07, 6.45) is 0. The van der Waals surface area contributed by atoms with E-state index in [0.29, 0.717) is 38.7 Å². The molecule has 2 unspecified atom stereocenters. The molecule has 18 heteroatoms. The van der Waals surface area contributed by atoms with Crippen LogP contribution in [-0.4, -0.2) is 91.8 Å². The first-order chi connectivity index (χ1) is 37.1. The van der Waals surface area contributed by atoms with Crippen molar-refractivity contribution in [2.75, 3.05) is 4.90 Å². The Morgan fingerprint density at radius 3 is 1.55 bits per heavy atom. The predicted octanol–water partition coefficient (Wildman–Crippen LogP) is 11.8. The first kappa shape index (κ1) is 48.6. The van der Waals surface area contributed by atoms with Crippen LogP contribution in [0.3, 0.4) is 0 Å². The molecule has 0 spiro atoms. The van der Waals surface area contributed by atoms with Gasteiger partial charge in [-0.25, -0.2) is 0 Å². The predicted molar refractivity (Wildman–Crippen MR) is 292 cm³/mol. The van der Waals surface area contributed by atoms with E-state index in [1.807, 2.05) is 13.8 Å². The largest absolute Gasteiger partial charge is 0.511 e. The first-order valence-corrected chi connectivity index (χ1v) is 24.5. The normalized spacial score (nSPS) is 15.4. The third-order valence-corrected chi connectivity index (χ3v) is 16.3. The fourth-order valence-corrected chi connectivity index (χ4v) is 12.1. The molecule has 0 bridgehead atoms. The molecule has 1 aliphatic heterocycles. The molecule has 0 saturated heterocycles. The standard InChI is InChI=1S/C60H49N3O15/c1-21-22(2)32-31-23(3)25(5)47(65)45(39(31)61(28-17-11-8-12-18-28)40(32)46(64)24(21)4)63-43-34(36-44(63)58(76)60(78)59(77)53(36)71)51(69)38(55(73)57(43)75)37-50(68)33-35-41(48(66)26(6)49(67)52(35)70)62(42(33)56(74)54(37)72)30-20-14-13-19-29(30)27-15-9-7-10-16-27/h7-20,34,43,64-78H,1-6H3. The van der Waals surface area contributed by atoms with Gasteiger partial charge in [0, 0.05) is 33.2 Å². The number of allylic oxidation sites excluding steroid dienone is 1. The minimum absolute atomic E-state index is 0.122. The van der Waals surface area contributed by atoms with Gasteiger partial charge in [0.1, 0.15) is 51.5 Å². The lowest BCUT2D eigenvalue weighted by Gasteiger charge is -2.35. The van der Waals surface area contributed by atoms with E-state index in [-0.39, 0.29) is 44.8 Å². The molecule has 394 valence electrons. The van der Waals surface area contributed by atoms with E-state index in [0.717, 1.165) is 16.0 Å². The molecule has 18 nitrogen and oxygen atoms in total. The lowest BCUT2D eigenvalue weighted by molar-refractivity contribution is 0.267. The Balaban J connectivity index is 1.21. The van der Waals surface area contributed by atoms with Crippen LogP contribution in [0.4, 0.5) is 11.4 Å². The number of hydrogen-bond donors (Lipinski definition) is 15. The van der Waals surface area contributed by atoms with Crippen LogP contribution in [-0.2, 0) is 0 Å². The highest BCUT2D eigenvalue weighted by molar-refractivity contribution is 6.23. The van der Waals surface area contributed by atoms with Gasteiger partial charge in [0.25, 0.3) is 0 Å². The number of aryl methyl sites for hydroxylation is 2. The van der Waals surface area contributed by atoms with Gasteiger partial charge >= 0.3 is 0 Å². The number of phenols is 12. The second kappa shape index (κ2) is 16.3. The summed E-state index contributed by atoms with van der Waals surface area (Å²) in [6, 6.07) is 22.3. The summed E-state index contributed by atoms with van der Waals surface area (Å²) in [5.41, 5.74) is 0.484. The molecule has 0 saturated carbocycles. The molecule has 2 atom stereocenters. The molecule has 0 radical (unpaired) electrons. The number of fused-ring (bicyclic) bond motifs is 9. The number of phenolic OH excluding ortho intramolecular Hbond substituents is 12. The molecule has 8 aromatic carbocycles. The Kier molecular flexibility index (Phi) is 10.2. The van der Waals surface area contributed by atoms with Crippen molar-refractivity contribution in [2.24, 2.45) is 0 Å². The van der Waals surface area contributed by atoms with Crippen LogP contribution in [0.1, 0.15) is 50.4 Å². The van der Waals surface area contributed by atoms with Gasteiger partial charge in [0.15, 0.2) is 46.0 Å². The molecule has 12 rings (SSSR count). The van der Waals surface area contributed by atoms with Crippen LogP contribution in [0.15, 0.2) is 102 Å². The van der Waals surface area contributed by atoms with Crippen molar-refractivity contribution < 1.29 is 76.6 Å². The van der Waals surface area contributed by atoms with E-state index in [1.54, 1.807) is 110 Å². The number of aromatic hydroxyl groups is 12. The Labute approximate surface area is 441 Å². The van der Waals surface area contributed by atoms with Gasteiger partial charge in [0.05, 0.1) is 50.2 Å². The number of benzene rings is 8. The van der Waals surface area contributed by atoms with Crippen molar-refractivity contribution >= 4 is 60.6 Å². The summed E-state index contributed by atoms with van der Waals surface area (Å²) >= 11 is 0. The van der Waals surface area contributed by atoms with Crippen molar-refractivity contribution in [3.05, 3.63) is 147 Å². The zero-order valence-electron chi connectivity index (χ0n) is 42.3. The number of nitrogens with zero attached hydrogens (tertiary/aromatic N) is 3. The monoisotopic (exact) mass is 1050 g/mol. The van der Waals surface area contributed by atoms with Gasteiger partial charge in [0.2, 0.25) is 11.5 Å². The highest BCUT2D eigenvalue weighted by Gasteiger charge is 2.55. The molecule has 78 heavy (non-hydrogen) atoms. The fraction of sp³-hybridized carbons (Fsp3) is 0.133. The lowest BCUT2D eigenvalue weighted by atomic mass is 9.80. The third-order valence-electron chi connectivity index (χ3n) is 16.3. The summed E-state index contributed by atoms with van der Waals surface area (Å²) < 4.78 is 2.88. The van der Waals surface area contributed by atoms with Crippen LogP contribution in [0, 0.1) is 41.5 Å². The maximum atomic E-state index is 13.0. The third kappa shape index (κ3) is 5.84. The summed E-state index contributed by atoms with van der Waals surface area (Å²) in [5.74, 6) is -16.9. The molecular formula is C60H49N3O15. The smallest absolute Gasteiger partial charge is 0.206 e. The van der Waals surface area contributed by atoms with Crippen molar-refractivity contribution in [1.82, 2.24) is 9.13 Å². The molecular weight excluding hydrogens is 1000 g/mol. The Morgan fingerprint density at radius 2 is 0.885 bits per heavy atom. The molecule has 3 heterocycles. The number of para-hydroxylation sites is 2. The van der Waals surface area contributed by atoms with Crippen molar-refractivity contribution in [3.8, 4) is 91.5 Å². The van der Waals surface area contributed by atoms with Crippen LogP contribution in [0.5, 0.6) is 69.0 Å². The number of aliphatic hydroxyl groups is 3.